The summed E-state index contributed by atoms with van der Waals surface area (Å²) in [4.78, 5) is 0. The van der Waals surface area contributed by atoms with Crippen LogP contribution in [0, 0.1) is 0 Å². The van der Waals surface area contributed by atoms with Crippen LogP contribution in [0.3, 0.4) is 0 Å². The molecule has 0 saturated heterocycles. The third kappa shape index (κ3) is 3.35. The molecule has 8 heteroatoms. The second kappa shape index (κ2) is 7.30. The molecule has 5 rings (SSSR count). The molecule has 0 saturated carbocycles. The van der Waals surface area contributed by atoms with Crippen LogP contribution >= 0.6 is 0 Å². The fourth-order valence-corrected chi connectivity index (χ4v) is 4.71. The van der Waals surface area contributed by atoms with Crippen LogP contribution < -0.4 is 10.2 Å². The minimum Gasteiger partial charge on any atom is -0.478 e. The highest BCUT2D eigenvalue weighted by molar-refractivity contribution is 5.87. The SMILES string of the molecule is CC1CC2=C(OCCCOc3c(cnn3C)-c3ccc4[nH]nc1c4c3)N(C)NC2(C)C. The van der Waals surface area contributed by atoms with Gasteiger partial charge in [-0.3, -0.25) is 10.1 Å². The molecular formula is C23H30N6O2. The number of fused-ring (bicyclic) bond motifs is 3. The number of nitrogens with zero attached hydrogens (tertiary/aromatic N) is 4. The first-order valence-corrected chi connectivity index (χ1v) is 10.9. The van der Waals surface area contributed by atoms with Gasteiger partial charge in [-0.25, -0.2) is 10.1 Å². The molecular weight excluding hydrogens is 392 g/mol. The highest BCUT2D eigenvalue weighted by Crippen LogP contribution is 2.39. The van der Waals surface area contributed by atoms with Crippen LogP contribution in [-0.4, -0.2) is 50.8 Å². The predicted octanol–water partition coefficient (Wildman–Crippen LogP) is 3.70. The first-order valence-electron chi connectivity index (χ1n) is 10.9. The van der Waals surface area contributed by atoms with Crippen LogP contribution in [0.2, 0.25) is 0 Å². The van der Waals surface area contributed by atoms with E-state index in [2.05, 4.69) is 54.6 Å². The Kier molecular flexibility index (Phi) is 4.69. The summed E-state index contributed by atoms with van der Waals surface area (Å²) >= 11 is 0. The summed E-state index contributed by atoms with van der Waals surface area (Å²) in [7, 11) is 3.92. The maximum Gasteiger partial charge on any atom is 0.219 e. The van der Waals surface area contributed by atoms with Gasteiger partial charge in [0.1, 0.15) is 0 Å². The highest BCUT2D eigenvalue weighted by Gasteiger charge is 2.38. The molecule has 0 fully saturated rings. The fourth-order valence-electron chi connectivity index (χ4n) is 4.71. The van der Waals surface area contributed by atoms with Crippen LogP contribution in [0.25, 0.3) is 22.0 Å². The Balaban J connectivity index is 1.62. The summed E-state index contributed by atoms with van der Waals surface area (Å²) in [6, 6.07) is 6.38. The van der Waals surface area contributed by atoms with Gasteiger partial charge in [0.2, 0.25) is 11.8 Å². The number of ether oxygens (including phenoxy) is 2. The van der Waals surface area contributed by atoms with Gasteiger partial charge in [0.25, 0.3) is 0 Å². The summed E-state index contributed by atoms with van der Waals surface area (Å²) in [5, 5.41) is 15.5. The van der Waals surface area contributed by atoms with Crippen molar-refractivity contribution in [2.45, 2.75) is 45.1 Å². The number of rotatable bonds is 0. The molecule has 3 aromatic rings. The summed E-state index contributed by atoms with van der Waals surface area (Å²) < 4.78 is 14.2. The van der Waals surface area contributed by atoms with Gasteiger partial charge in [-0.05, 0) is 38.0 Å². The topological polar surface area (TPSA) is 80.2 Å². The van der Waals surface area contributed by atoms with E-state index < -0.39 is 0 Å². The zero-order chi connectivity index (χ0) is 21.8. The van der Waals surface area contributed by atoms with E-state index >= 15 is 0 Å². The third-order valence-corrected chi connectivity index (χ3v) is 6.30. The Morgan fingerprint density at radius 2 is 1.97 bits per heavy atom. The normalized spacial score (nSPS) is 21.3. The van der Waals surface area contributed by atoms with E-state index in [1.54, 1.807) is 4.68 Å². The van der Waals surface area contributed by atoms with Crippen molar-refractivity contribution in [3.63, 3.8) is 0 Å². The molecule has 2 bridgehead atoms. The zero-order valence-corrected chi connectivity index (χ0v) is 18.8. The van der Waals surface area contributed by atoms with Gasteiger partial charge in [0, 0.05) is 37.4 Å². The van der Waals surface area contributed by atoms with E-state index in [1.807, 2.05) is 25.3 Å². The number of benzene rings is 1. The fraction of sp³-hybridized carbons (Fsp3) is 0.478. The van der Waals surface area contributed by atoms with Crippen molar-refractivity contribution < 1.29 is 9.47 Å². The summed E-state index contributed by atoms with van der Waals surface area (Å²) in [6.45, 7) is 7.78. The monoisotopic (exact) mass is 422 g/mol. The van der Waals surface area contributed by atoms with Gasteiger partial charge in [0.15, 0.2) is 0 Å². The van der Waals surface area contributed by atoms with Crippen LogP contribution in [0.5, 0.6) is 5.88 Å². The molecule has 2 aromatic heterocycles. The molecule has 0 radical (unpaired) electrons. The average Bonchev–Trinajstić information content (AvgIpc) is 3.36. The Labute approximate surface area is 182 Å². The lowest BCUT2D eigenvalue weighted by atomic mass is 9.86. The third-order valence-electron chi connectivity index (χ3n) is 6.30. The Hall–Kier alpha value is -3.00. The number of nitrogens with one attached hydrogen (secondary N) is 2. The predicted molar refractivity (Wildman–Crippen MR) is 119 cm³/mol. The van der Waals surface area contributed by atoms with Gasteiger partial charge in [-0.2, -0.15) is 10.2 Å². The Morgan fingerprint density at radius 3 is 2.81 bits per heavy atom. The molecule has 2 aliphatic rings. The average molecular weight is 423 g/mol. The molecule has 0 amide bonds. The number of hydrogen-bond donors (Lipinski definition) is 2. The molecule has 1 atom stereocenters. The van der Waals surface area contributed by atoms with Gasteiger partial charge in [-0.15, -0.1) is 0 Å². The number of aryl methyl sites for hydroxylation is 1. The van der Waals surface area contributed by atoms with Gasteiger partial charge >= 0.3 is 0 Å². The van der Waals surface area contributed by atoms with Crippen molar-refractivity contribution in [2.75, 3.05) is 20.3 Å². The Morgan fingerprint density at radius 1 is 1.16 bits per heavy atom. The van der Waals surface area contributed by atoms with E-state index in [9.17, 15) is 0 Å². The lowest BCUT2D eigenvalue weighted by Crippen LogP contribution is -2.42. The van der Waals surface area contributed by atoms with Gasteiger partial charge < -0.3 is 9.47 Å². The van der Waals surface area contributed by atoms with Crippen molar-refractivity contribution in [1.29, 1.82) is 0 Å². The van der Waals surface area contributed by atoms with Crippen LogP contribution in [0.15, 0.2) is 35.9 Å². The van der Waals surface area contributed by atoms with E-state index in [-0.39, 0.29) is 11.5 Å². The first-order chi connectivity index (χ1) is 14.8. The van der Waals surface area contributed by atoms with Gasteiger partial charge in [0.05, 0.1) is 41.7 Å². The number of aromatic nitrogens is 4. The summed E-state index contributed by atoms with van der Waals surface area (Å²) in [5.74, 6) is 1.90. The summed E-state index contributed by atoms with van der Waals surface area (Å²) in [5.41, 5.74) is 8.78. The van der Waals surface area contributed by atoms with E-state index in [4.69, 9.17) is 14.6 Å². The van der Waals surface area contributed by atoms with Crippen molar-refractivity contribution in [2.24, 2.45) is 7.05 Å². The molecule has 0 spiro atoms. The molecule has 1 aromatic carbocycles. The second-order valence-corrected chi connectivity index (χ2v) is 9.09. The number of H-pyrrole nitrogens is 1. The summed E-state index contributed by atoms with van der Waals surface area (Å²) in [6.07, 6.45) is 3.51. The Bertz CT molecular complexity index is 1160. The van der Waals surface area contributed by atoms with E-state index in [0.29, 0.717) is 13.2 Å². The molecule has 164 valence electrons. The lowest BCUT2D eigenvalue weighted by Gasteiger charge is -2.24. The van der Waals surface area contributed by atoms with Crippen molar-refractivity contribution >= 4 is 10.9 Å². The largest absolute Gasteiger partial charge is 0.478 e. The smallest absolute Gasteiger partial charge is 0.219 e. The maximum absolute atomic E-state index is 6.25. The van der Waals surface area contributed by atoms with Gasteiger partial charge in [-0.1, -0.05) is 13.0 Å². The first kappa shape index (κ1) is 19.9. The molecule has 4 heterocycles. The highest BCUT2D eigenvalue weighted by atomic mass is 16.5. The van der Waals surface area contributed by atoms with Crippen LogP contribution in [0.1, 0.15) is 45.2 Å². The number of hydrazine groups is 1. The van der Waals surface area contributed by atoms with Crippen molar-refractivity contribution in [3.05, 3.63) is 41.5 Å². The zero-order valence-electron chi connectivity index (χ0n) is 18.8. The minimum atomic E-state index is -0.179. The van der Waals surface area contributed by atoms with Crippen LogP contribution in [0.4, 0.5) is 0 Å². The quantitative estimate of drug-likeness (QED) is 0.575. The number of aromatic amines is 1. The maximum atomic E-state index is 6.25. The van der Waals surface area contributed by atoms with E-state index in [0.717, 1.165) is 52.3 Å². The minimum absolute atomic E-state index is 0.179. The molecule has 0 aliphatic carbocycles. The van der Waals surface area contributed by atoms with Crippen LogP contribution in [-0.2, 0) is 11.8 Å². The molecule has 2 N–H and O–H groups in total. The second-order valence-electron chi connectivity index (χ2n) is 9.09. The molecule has 8 nitrogen and oxygen atoms in total. The number of hydrogen-bond acceptors (Lipinski definition) is 6. The lowest BCUT2D eigenvalue weighted by molar-refractivity contribution is 0.0967. The van der Waals surface area contributed by atoms with Crippen molar-refractivity contribution in [3.8, 4) is 17.0 Å². The standard InChI is InChI=1S/C23H30N6O2/c1-14-11-18-22(29(5)27-23(18,2)3)31-10-6-9-30-21-17(13-24-28(21)4)15-7-8-19-16(12-15)20(14)26-25-19/h7-8,12-14,27H,6,9-11H2,1-5H3,(H,25,26). The van der Waals surface area contributed by atoms with E-state index in [1.165, 1.54) is 5.57 Å². The van der Waals surface area contributed by atoms with Crippen molar-refractivity contribution in [1.82, 2.24) is 30.4 Å². The molecule has 31 heavy (non-hydrogen) atoms. The molecule has 1 unspecified atom stereocenters. The molecule has 2 aliphatic heterocycles.